The molecule has 11 heteroatoms. The molecule has 5 rings (SSSR count). The normalized spacial score (nSPS) is 11.1. The Balaban J connectivity index is 1.45. The number of carbonyl (C=O) groups excluding carboxylic acids is 1. The van der Waals surface area contributed by atoms with E-state index in [-0.39, 0.29) is 40.5 Å². The molecule has 0 radical (unpaired) electrons. The number of halogens is 3. The number of rotatable bonds is 8. The van der Waals surface area contributed by atoms with Crippen molar-refractivity contribution in [1.82, 2.24) is 14.5 Å². The van der Waals surface area contributed by atoms with Gasteiger partial charge in [-0.05, 0) is 49.2 Å². The number of fused-ring (bicyclic) bond motifs is 1. The van der Waals surface area contributed by atoms with Crippen molar-refractivity contribution in [2.24, 2.45) is 7.05 Å². The average Bonchev–Trinajstić information content (AvgIpc) is 2.98. The lowest BCUT2D eigenvalue weighted by atomic mass is 9.95. The van der Waals surface area contributed by atoms with Crippen LogP contribution in [0.2, 0.25) is 0 Å². The monoisotopic (exact) mass is 589 g/mol. The summed E-state index contributed by atoms with van der Waals surface area (Å²) in [6.07, 6.45) is 1.19. The van der Waals surface area contributed by atoms with Gasteiger partial charge in [-0.3, -0.25) is 14.6 Å². The van der Waals surface area contributed by atoms with Crippen molar-refractivity contribution in [3.63, 3.8) is 0 Å². The lowest BCUT2D eigenvalue weighted by Crippen LogP contribution is -2.25. The quantitative estimate of drug-likeness (QED) is 0.197. The molecule has 5 aromatic rings. The molecule has 3 heterocycles. The van der Waals surface area contributed by atoms with Gasteiger partial charge in [-0.15, -0.1) is 0 Å². The molecule has 0 aliphatic rings. The van der Waals surface area contributed by atoms with Crippen LogP contribution in [0.3, 0.4) is 0 Å². The average molecular weight is 590 g/mol. The molecule has 0 atom stereocenters. The number of ketones is 1. The highest BCUT2D eigenvalue weighted by Crippen LogP contribution is 2.35. The van der Waals surface area contributed by atoms with Crippen molar-refractivity contribution >= 4 is 16.8 Å². The van der Waals surface area contributed by atoms with E-state index >= 15 is 4.39 Å². The molecule has 0 bridgehead atoms. The van der Waals surface area contributed by atoms with E-state index in [4.69, 9.17) is 14.2 Å². The van der Waals surface area contributed by atoms with Crippen LogP contribution in [-0.2, 0) is 13.5 Å². The van der Waals surface area contributed by atoms with Crippen LogP contribution < -0.4 is 19.6 Å². The second kappa shape index (κ2) is 11.6. The minimum Gasteiger partial charge on any atom is -0.491 e. The summed E-state index contributed by atoms with van der Waals surface area (Å²) < 4.78 is 60.8. The highest BCUT2D eigenvalue weighted by atomic mass is 19.2. The van der Waals surface area contributed by atoms with Gasteiger partial charge in [0.05, 0.1) is 25.3 Å². The molecule has 43 heavy (non-hydrogen) atoms. The van der Waals surface area contributed by atoms with Gasteiger partial charge in [0, 0.05) is 48.7 Å². The van der Waals surface area contributed by atoms with Crippen LogP contribution in [0.5, 0.6) is 23.1 Å². The summed E-state index contributed by atoms with van der Waals surface area (Å²) in [5.41, 5.74) is 1.42. The van der Waals surface area contributed by atoms with Crippen LogP contribution in [0.4, 0.5) is 13.2 Å². The predicted molar refractivity (Wildman–Crippen MR) is 154 cm³/mol. The number of aromatic nitrogens is 3. The first-order valence-corrected chi connectivity index (χ1v) is 13.1. The van der Waals surface area contributed by atoms with Crippen molar-refractivity contribution in [3.8, 4) is 34.3 Å². The molecule has 2 aromatic carbocycles. The number of pyridine rings is 3. The van der Waals surface area contributed by atoms with Crippen molar-refractivity contribution in [3.05, 3.63) is 105 Å². The molecule has 0 aliphatic heterocycles. The van der Waals surface area contributed by atoms with Crippen LogP contribution >= 0.6 is 0 Å². The lowest BCUT2D eigenvalue weighted by Gasteiger charge is -2.17. The van der Waals surface area contributed by atoms with Crippen LogP contribution in [0.15, 0.2) is 59.5 Å². The molecule has 0 N–H and O–H groups in total. The Bertz CT molecular complexity index is 1970. The van der Waals surface area contributed by atoms with Gasteiger partial charge in [0.1, 0.15) is 5.52 Å². The molecule has 0 fully saturated rings. The second-order valence-corrected chi connectivity index (χ2v) is 9.78. The largest absolute Gasteiger partial charge is 0.491 e. The van der Waals surface area contributed by atoms with Crippen LogP contribution in [0, 0.1) is 31.3 Å². The number of methoxy groups -OCH3 is 2. The Morgan fingerprint density at radius 3 is 2.30 bits per heavy atom. The third-order valence-electron chi connectivity index (χ3n) is 7.27. The number of hydrogen-bond donors (Lipinski definition) is 0. The number of ether oxygens (including phenoxy) is 3. The highest BCUT2D eigenvalue weighted by molar-refractivity contribution is 5.99. The first-order chi connectivity index (χ1) is 20.5. The molecular weight excluding hydrogens is 563 g/mol. The highest BCUT2D eigenvalue weighted by Gasteiger charge is 2.23. The Morgan fingerprint density at radius 2 is 1.63 bits per heavy atom. The second-order valence-electron chi connectivity index (χ2n) is 9.78. The predicted octanol–water partition coefficient (Wildman–Crippen LogP) is 6.26. The van der Waals surface area contributed by atoms with Crippen molar-refractivity contribution in [1.29, 1.82) is 0 Å². The smallest absolute Gasteiger partial charge is 0.257 e. The Kier molecular flexibility index (Phi) is 7.90. The maximum atomic E-state index is 15.2. The molecule has 0 saturated heterocycles. The summed E-state index contributed by atoms with van der Waals surface area (Å²) in [6.45, 7) is 3.27. The standard InChI is InChI=1S/C32H26F3N3O5/c1-16-28(19-7-8-20(33)21(34)14-19)31(40)29(17(2)38(16)3)24(39)13-18-6-9-25(22(35)12-18)43-26-10-11-36-23-15-27(41-4)32(42-5)37-30(23)26/h6-12,14-15H,13H2,1-5H3. The zero-order valence-corrected chi connectivity index (χ0v) is 23.9. The molecule has 0 spiro atoms. The fourth-order valence-corrected chi connectivity index (χ4v) is 4.88. The summed E-state index contributed by atoms with van der Waals surface area (Å²) in [5, 5.41) is 0. The Hall–Kier alpha value is -5.19. The first kappa shape index (κ1) is 29.3. The first-order valence-electron chi connectivity index (χ1n) is 13.1. The van der Waals surface area contributed by atoms with Crippen LogP contribution in [-0.4, -0.2) is 34.5 Å². The third kappa shape index (κ3) is 5.41. The summed E-state index contributed by atoms with van der Waals surface area (Å²) in [4.78, 5) is 35.6. The van der Waals surface area contributed by atoms with E-state index in [2.05, 4.69) is 9.97 Å². The van der Waals surface area contributed by atoms with E-state index in [0.717, 1.165) is 18.2 Å². The van der Waals surface area contributed by atoms with Crippen molar-refractivity contribution in [2.45, 2.75) is 20.3 Å². The number of nitrogens with zero attached hydrogens (tertiary/aromatic N) is 3. The number of Topliss-reactive ketones (excluding diaryl/α,β-unsaturated/α-hetero) is 1. The Labute approximate surface area is 244 Å². The van der Waals surface area contributed by atoms with Gasteiger partial charge in [-0.1, -0.05) is 12.1 Å². The lowest BCUT2D eigenvalue weighted by molar-refractivity contribution is 0.0990. The third-order valence-corrected chi connectivity index (χ3v) is 7.27. The van der Waals surface area contributed by atoms with Crippen LogP contribution in [0.1, 0.15) is 27.3 Å². The molecular formula is C32H26F3N3O5. The van der Waals surface area contributed by atoms with E-state index in [0.29, 0.717) is 33.7 Å². The van der Waals surface area contributed by atoms with E-state index in [9.17, 15) is 18.4 Å². The zero-order chi connectivity index (χ0) is 31.0. The molecule has 0 aliphatic carbocycles. The summed E-state index contributed by atoms with van der Waals surface area (Å²) >= 11 is 0. The van der Waals surface area contributed by atoms with Crippen molar-refractivity contribution in [2.75, 3.05) is 14.2 Å². The van der Waals surface area contributed by atoms with Gasteiger partial charge >= 0.3 is 0 Å². The molecule has 8 nitrogen and oxygen atoms in total. The van der Waals surface area contributed by atoms with E-state index in [1.807, 2.05) is 0 Å². The summed E-state index contributed by atoms with van der Waals surface area (Å²) in [5.74, 6) is -2.79. The van der Waals surface area contributed by atoms with Gasteiger partial charge in [0.25, 0.3) is 5.88 Å². The fourth-order valence-electron chi connectivity index (χ4n) is 4.88. The van der Waals surface area contributed by atoms with Gasteiger partial charge in [0.2, 0.25) is 5.43 Å². The minimum absolute atomic E-state index is 0.0812. The van der Waals surface area contributed by atoms with E-state index in [1.165, 1.54) is 44.7 Å². The molecule has 0 saturated carbocycles. The number of hydrogen-bond acceptors (Lipinski definition) is 7. The summed E-state index contributed by atoms with van der Waals surface area (Å²) in [7, 11) is 4.57. The maximum Gasteiger partial charge on any atom is 0.257 e. The molecule has 3 aromatic heterocycles. The molecule has 0 unspecified atom stereocenters. The fraction of sp³-hybridized carbons (Fsp3) is 0.188. The Morgan fingerprint density at radius 1 is 0.860 bits per heavy atom. The SMILES string of the molecule is COc1cc2nccc(Oc3ccc(CC(=O)c4c(C)n(C)c(C)c(-c5ccc(F)c(F)c5)c4=O)cc3F)c2nc1OC. The zero-order valence-electron chi connectivity index (χ0n) is 23.9. The van der Waals surface area contributed by atoms with Gasteiger partial charge in [-0.25, -0.2) is 18.2 Å². The molecule has 220 valence electrons. The van der Waals surface area contributed by atoms with Crippen LogP contribution in [0.25, 0.3) is 22.2 Å². The van der Waals surface area contributed by atoms with Gasteiger partial charge < -0.3 is 18.8 Å². The number of carbonyl (C=O) groups is 1. The van der Waals surface area contributed by atoms with E-state index in [1.54, 1.807) is 31.5 Å². The molecule has 0 amide bonds. The van der Waals surface area contributed by atoms with E-state index < -0.39 is 28.7 Å². The summed E-state index contributed by atoms with van der Waals surface area (Å²) in [6, 6.07) is 10.3. The van der Waals surface area contributed by atoms with Gasteiger partial charge in [-0.2, -0.15) is 0 Å². The minimum atomic E-state index is -1.11. The van der Waals surface area contributed by atoms with Gasteiger partial charge in [0.15, 0.2) is 40.5 Å². The van der Waals surface area contributed by atoms with Crippen molar-refractivity contribution < 1.29 is 32.2 Å². The number of benzene rings is 2. The topological polar surface area (TPSA) is 92.5 Å². The maximum absolute atomic E-state index is 15.2.